The van der Waals surface area contributed by atoms with Crippen molar-refractivity contribution in [1.29, 1.82) is 0 Å². The van der Waals surface area contributed by atoms with E-state index in [9.17, 15) is 13.2 Å². The summed E-state index contributed by atoms with van der Waals surface area (Å²) < 4.78 is 25.0. The second-order valence-electron chi connectivity index (χ2n) is 4.78. The molecule has 0 fully saturated rings. The van der Waals surface area contributed by atoms with Crippen molar-refractivity contribution >= 4 is 50.5 Å². The molecular weight excluding hydrogens is 359 g/mol. The minimum Gasteiger partial charge on any atom is -0.325 e. The van der Waals surface area contributed by atoms with Gasteiger partial charge in [0.25, 0.3) is 0 Å². The maximum Gasteiger partial charge on any atom is 0.245 e. The van der Waals surface area contributed by atoms with Crippen molar-refractivity contribution in [3.8, 4) is 0 Å². The quantitative estimate of drug-likeness (QED) is 0.874. The van der Waals surface area contributed by atoms with Crippen LogP contribution in [-0.4, -0.2) is 27.1 Å². The summed E-state index contributed by atoms with van der Waals surface area (Å²) in [5, 5.41) is 3.14. The van der Waals surface area contributed by atoms with Gasteiger partial charge in [0.15, 0.2) is 0 Å². The van der Waals surface area contributed by atoms with E-state index in [2.05, 4.69) is 5.32 Å². The standard InChI is InChI=1S/C15H14Cl2N2O3S/c1-23(21,22)19(14-9-11(16)7-8-13(14)17)10-15(20)18-12-5-3-2-4-6-12/h2-9H,10H2,1H3,(H,18,20). The molecule has 2 aromatic rings. The van der Waals surface area contributed by atoms with Gasteiger partial charge in [-0.05, 0) is 30.3 Å². The van der Waals surface area contributed by atoms with Crippen LogP contribution in [0.15, 0.2) is 48.5 Å². The van der Waals surface area contributed by atoms with Gasteiger partial charge >= 0.3 is 0 Å². The molecule has 0 aliphatic heterocycles. The Bertz CT molecular complexity index is 811. The van der Waals surface area contributed by atoms with Crippen molar-refractivity contribution in [2.75, 3.05) is 22.4 Å². The SMILES string of the molecule is CS(=O)(=O)N(CC(=O)Nc1ccccc1)c1cc(Cl)ccc1Cl. The molecule has 0 atom stereocenters. The van der Waals surface area contributed by atoms with Gasteiger partial charge in [0.05, 0.1) is 17.0 Å². The summed E-state index contributed by atoms with van der Waals surface area (Å²) in [5.41, 5.74) is 0.730. The fraction of sp³-hybridized carbons (Fsp3) is 0.133. The molecule has 23 heavy (non-hydrogen) atoms. The molecule has 0 aromatic heterocycles. The lowest BCUT2D eigenvalue weighted by atomic mass is 10.3. The van der Waals surface area contributed by atoms with Crippen LogP contribution in [0.25, 0.3) is 0 Å². The first-order valence-electron chi connectivity index (χ1n) is 6.55. The Hall–Kier alpha value is -1.76. The van der Waals surface area contributed by atoms with Crippen molar-refractivity contribution < 1.29 is 13.2 Å². The van der Waals surface area contributed by atoms with Crippen molar-refractivity contribution in [2.45, 2.75) is 0 Å². The van der Waals surface area contributed by atoms with Gasteiger partial charge in [-0.1, -0.05) is 41.4 Å². The number of hydrogen-bond donors (Lipinski definition) is 1. The van der Waals surface area contributed by atoms with Crippen LogP contribution in [-0.2, 0) is 14.8 Å². The fourth-order valence-electron chi connectivity index (χ4n) is 1.91. The number of halogens is 2. The zero-order valence-corrected chi connectivity index (χ0v) is 14.5. The molecule has 0 aliphatic carbocycles. The number of hydrogen-bond acceptors (Lipinski definition) is 3. The topological polar surface area (TPSA) is 66.5 Å². The van der Waals surface area contributed by atoms with E-state index in [0.29, 0.717) is 10.7 Å². The van der Waals surface area contributed by atoms with Gasteiger partial charge in [-0.2, -0.15) is 0 Å². The molecule has 0 unspecified atom stereocenters. The number of para-hydroxylation sites is 1. The van der Waals surface area contributed by atoms with E-state index in [-0.39, 0.29) is 10.7 Å². The zero-order chi connectivity index (χ0) is 17.0. The fourth-order valence-corrected chi connectivity index (χ4v) is 3.21. The number of carbonyl (C=O) groups is 1. The van der Waals surface area contributed by atoms with Gasteiger partial charge < -0.3 is 5.32 Å². The Morgan fingerprint density at radius 1 is 1.13 bits per heavy atom. The normalized spacial score (nSPS) is 11.1. The molecule has 122 valence electrons. The highest BCUT2D eigenvalue weighted by atomic mass is 35.5. The first-order chi connectivity index (χ1) is 10.8. The summed E-state index contributed by atoms with van der Waals surface area (Å²) in [7, 11) is -3.72. The largest absolute Gasteiger partial charge is 0.325 e. The van der Waals surface area contributed by atoms with Crippen molar-refractivity contribution in [2.24, 2.45) is 0 Å². The number of nitrogens with one attached hydrogen (secondary N) is 1. The minimum atomic E-state index is -3.72. The Morgan fingerprint density at radius 3 is 2.39 bits per heavy atom. The van der Waals surface area contributed by atoms with Gasteiger partial charge in [0.1, 0.15) is 6.54 Å². The number of anilines is 2. The van der Waals surface area contributed by atoms with Crippen molar-refractivity contribution in [3.63, 3.8) is 0 Å². The van der Waals surface area contributed by atoms with Gasteiger partial charge in [0.2, 0.25) is 15.9 Å². The van der Waals surface area contributed by atoms with E-state index < -0.39 is 22.5 Å². The monoisotopic (exact) mass is 372 g/mol. The van der Waals surface area contributed by atoms with E-state index in [4.69, 9.17) is 23.2 Å². The lowest BCUT2D eigenvalue weighted by Crippen LogP contribution is -2.37. The summed E-state index contributed by atoms with van der Waals surface area (Å²) in [6, 6.07) is 13.2. The summed E-state index contributed by atoms with van der Waals surface area (Å²) in [6.07, 6.45) is 1.00. The minimum absolute atomic E-state index is 0.157. The summed E-state index contributed by atoms with van der Waals surface area (Å²) in [5.74, 6) is -0.488. The van der Waals surface area contributed by atoms with Crippen LogP contribution in [0.1, 0.15) is 0 Å². The van der Waals surface area contributed by atoms with Crippen molar-refractivity contribution in [1.82, 2.24) is 0 Å². The first kappa shape index (κ1) is 17.6. The Labute approximate surface area is 144 Å². The highest BCUT2D eigenvalue weighted by Crippen LogP contribution is 2.30. The van der Waals surface area contributed by atoms with Crippen molar-refractivity contribution in [3.05, 3.63) is 58.6 Å². The Morgan fingerprint density at radius 2 is 1.78 bits per heavy atom. The molecule has 0 spiro atoms. The smallest absolute Gasteiger partial charge is 0.245 e. The van der Waals surface area contributed by atoms with Crippen LogP contribution >= 0.6 is 23.2 Å². The number of nitrogens with zero attached hydrogens (tertiary/aromatic N) is 1. The summed E-state index contributed by atoms with van der Waals surface area (Å²) in [6.45, 7) is -0.409. The van der Waals surface area contributed by atoms with Gasteiger partial charge in [-0.15, -0.1) is 0 Å². The highest BCUT2D eigenvalue weighted by molar-refractivity contribution is 7.92. The zero-order valence-electron chi connectivity index (χ0n) is 12.2. The Balaban J connectivity index is 2.27. The van der Waals surface area contributed by atoms with E-state index in [1.807, 2.05) is 6.07 Å². The summed E-state index contributed by atoms with van der Waals surface area (Å²) in [4.78, 5) is 12.1. The number of carbonyl (C=O) groups excluding carboxylic acids is 1. The van der Waals surface area contributed by atoms with E-state index in [1.165, 1.54) is 18.2 Å². The second kappa shape index (κ2) is 7.21. The molecule has 0 bridgehead atoms. The lowest BCUT2D eigenvalue weighted by Gasteiger charge is -2.23. The average Bonchev–Trinajstić information content (AvgIpc) is 2.47. The number of sulfonamides is 1. The average molecular weight is 373 g/mol. The molecule has 1 amide bonds. The van der Waals surface area contributed by atoms with Crippen LogP contribution < -0.4 is 9.62 Å². The molecule has 0 radical (unpaired) electrons. The van der Waals surface area contributed by atoms with Crippen LogP contribution in [0.5, 0.6) is 0 Å². The predicted molar refractivity (Wildman–Crippen MR) is 93.7 cm³/mol. The molecule has 2 rings (SSSR count). The van der Waals surface area contributed by atoms with Crippen LogP contribution in [0.2, 0.25) is 10.0 Å². The maximum atomic E-state index is 12.1. The van der Waals surface area contributed by atoms with Gasteiger partial charge in [0, 0.05) is 10.7 Å². The number of rotatable bonds is 5. The number of benzene rings is 2. The third-order valence-electron chi connectivity index (χ3n) is 2.92. The summed E-state index contributed by atoms with van der Waals surface area (Å²) >= 11 is 11.9. The molecule has 5 nitrogen and oxygen atoms in total. The molecule has 8 heteroatoms. The van der Waals surface area contributed by atoms with Crippen LogP contribution in [0, 0.1) is 0 Å². The molecule has 0 aliphatic rings. The third-order valence-corrected chi connectivity index (χ3v) is 4.60. The molecular formula is C15H14Cl2N2O3S. The predicted octanol–water partition coefficient (Wildman–Crippen LogP) is 3.40. The van der Waals surface area contributed by atoms with E-state index in [1.54, 1.807) is 24.3 Å². The molecule has 0 saturated heterocycles. The van der Waals surface area contributed by atoms with Gasteiger partial charge in [-0.25, -0.2) is 8.42 Å². The first-order valence-corrected chi connectivity index (χ1v) is 9.15. The third kappa shape index (κ3) is 4.86. The van der Waals surface area contributed by atoms with E-state index >= 15 is 0 Å². The molecule has 1 N–H and O–H groups in total. The van der Waals surface area contributed by atoms with Crippen LogP contribution in [0.4, 0.5) is 11.4 Å². The van der Waals surface area contributed by atoms with Gasteiger partial charge in [-0.3, -0.25) is 9.10 Å². The highest BCUT2D eigenvalue weighted by Gasteiger charge is 2.23. The molecule has 0 saturated carbocycles. The molecule has 2 aromatic carbocycles. The number of amides is 1. The maximum absolute atomic E-state index is 12.1. The molecule has 0 heterocycles. The Kier molecular flexibility index (Phi) is 5.51. The lowest BCUT2D eigenvalue weighted by molar-refractivity contribution is -0.114. The van der Waals surface area contributed by atoms with Crippen LogP contribution in [0.3, 0.4) is 0 Å². The van der Waals surface area contributed by atoms with E-state index in [0.717, 1.165) is 10.6 Å². The second-order valence-corrected chi connectivity index (χ2v) is 7.53.